The smallest absolute Gasteiger partial charge is 0.277 e. The van der Waals surface area contributed by atoms with Crippen LogP contribution in [0.2, 0.25) is 0 Å². The Labute approximate surface area is 165 Å². The third-order valence-electron chi connectivity index (χ3n) is 5.50. The molecule has 1 N–H and O–H groups in total. The first-order valence-corrected chi connectivity index (χ1v) is 9.35. The van der Waals surface area contributed by atoms with E-state index in [4.69, 9.17) is 4.74 Å². The van der Waals surface area contributed by atoms with Gasteiger partial charge in [0, 0.05) is 19.3 Å². The molecule has 1 aromatic carbocycles. The molecule has 154 valence electrons. The highest BCUT2D eigenvalue weighted by Gasteiger charge is 2.47. The highest BCUT2D eigenvalue weighted by atomic mass is 19.3. The van der Waals surface area contributed by atoms with Gasteiger partial charge in [0.1, 0.15) is 12.8 Å². The van der Waals surface area contributed by atoms with E-state index in [2.05, 4.69) is 0 Å². The van der Waals surface area contributed by atoms with Crippen LogP contribution in [0.25, 0.3) is 0 Å². The Morgan fingerprint density at radius 1 is 1.17 bits per heavy atom. The van der Waals surface area contributed by atoms with Crippen molar-refractivity contribution in [2.45, 2.75) is 37.6 Å². The lowest BCUT2D eigenvalue weighted by Gasteiger charge is -2.53. The lowest BCUT2D eigenvalue weighted by atomic mass is 9.91. The number of aromatic hydroxyl groups is 1. The normalized spacial score (nSPS) is 23.9. The number of halogens is 2. The van der Waals surface area contributed by atoms with Crippen molar-refractivity contribution in [3.05, 3.63) is 64.1 Å². The molecule has 1 amide bonds. The fraction of sp³-hybridized carbons (Fsp3) is 0.400. The minimum absolute atomic E-state index is 0.147. The summed E-state index contributed by atoms with van der Waals surface area (Å²) < 4.78 is 32.7. The predicted molar refractivity (Wildman–Crippen MR) is 101 cm³/mol. The van der Waals surface area contributed by atoms with Gasteiger partial charge in [0.15, 0.2) is 11.4 Å². The zero-order chi connectivity index (χ0) is 20.7. The number of hydrogen-bond acceptors (Lipinski definition) is 5. The van der Waals surface area contributed by atoms with Gasteiger partial charge in [-0.15, -0.1) is 0 Å². The average molecular weight is 405 g/mol. The first-order chi connectivity index (χ1) is 13.9. The summed E-state index contributed by atoms with van der Waals surface area (Å²) >= 11 is 0. The van der Waals surface area contributed by atoms with Gasteiger partial charge in [-0.2, -0.15) is 0 Å². The Morgan fingerprint density at radius 2 is 1.90 bits per heavy atom. The monoisotopic (exact) mass is 405 g/mol. The van der Waals surface area contributed by atoms with Gasteiger partial charge in [0.05, 0.1) is 12.1 Å². The summed E-state index contributed by atoms with van der Waals surface area (Å²) in [4.78, 5) is 26.2. The first-order valence-electron chi connectivity index (χ1n) is 9.35. The van der Waals surface area contributed by atoms with Gasteiger partial charge in [-0.1, -0.05) is 30.3 Å². The standard InChI is InChI=1S/C20H21F2N3O4/c1-23-16-8-7-14(29-11-15(21)22)17(12-5-3-2-4-6-12)25(16)24-10-9-13(26)19(27)18(24)20(23)28/h2-6,9-10,14-17,27H,7-8,11H2,1H3. The molecule has 4 rings (SSSR count). The number of rotatable bonds is 4. The van der Waals surface area contributed by atoms with Crippen LogP contribution in [0.5, 0.6) is 5.75 Å². The fourth-order valence-corrected chi connectivity index (χ4v) is 4.21. The van der Waals surface area contributed by atoms with Crippen molar-refractivity contribution in [3.8, 4) is 5.75 Å². The molecule has 1 aromatic heterocycles. The summed E-state index contributed by atoms with van der Waals surface area (Å²) in [5, 5.41) is 12.1. The Morgan fingerprint density at radius 3 is 2.59 bits per heavy atom. The van der Waals surface area contributed by atoms with Crippen LogP contribution in [0.1, 0.15) is 34.9 Å². The molecule has 3 unspecified atom stereocenters. The van der Waals surface area contributed by atoms with Crippen molar-refractivity contribution in [3.63, 3.8) is 0 Å². The number of pyridine rings is 1. The highest BCUT2D eigenvalue weighted by Crippen LogP contribution is 2.39. The molecule has 1 saturated heterocycles. The zero-order valence-electron chi connectivity index (χ0n) is 15.7. The Balaban J connectivity index is 1.86. The second-order valence-corrected chi connectivity index (χ2v) is 7.19. The molecule has 3 heterocycles. The number of ether oxygens (including phenoxy) is 1. The SMILES string of the molecule is CN1C(=O)c2c(O)c(=O)ccn2N2C(c3ccccc3)C(OCC(F)F)CCC12. The van der Waals surface area contributed by atoms with E-state index in [1.165, 1.54) is 21.8 Å². The summed E-state index contributed by atoms with van der Waals surface area (Å²) in [6.07, 6.45) is -1.13. The topological polar surface area (TPSA) is 75.0 Å². The third kappa shape index (κ3) is 3.25. The maximum Gasteiger partial charge on any atom is 0.277 e. The maximum absolute atomic E-state index is 12.8. The van der Waals surface area contributed by atoms with Crippen molar-refractivity contribution < 1.29 is 23.4 Å². The number of aromatic nitrogens is 1. The Bertz CT molecular complexity index is 966. The number of piperidine rings is 1. The van der Waals surface area contributed by atoms with Crippen molar-refractivity contribution in [1.82, 2.24) is 9.58 Å². The number of carbonyl (C=O) groups is 1. The first kappa shape index (κ1) is 19.4. The zero-order valence-corrected chi connectivity index (χ0v) is 15.7. The van der Waals surface area contributed by atoms with Crippen LogP contribution in [-0.4, -0.2) is 52.9 Å². The van der Waals surface area contributed by atoms with Crippen molar-refractivity contribution >= 4 is 5.91 Å². The van der Waals surface area contributed by atoms with Gasteiger partial charge in [-0.05, 0) is 18.4 Å². The molecule has 0 radical (unpaired) electrons. The van der Waals surface area contributed by atoms with Gasteiger partial charge in [0.2, 0.25) is 5.43 Å². The quantitative estimate of drug-likeness (QED) is 0.843. The molecule has 7 nitrogen and oxygen atoms in total. The van der Waals surface area contributed by atoms with Crippen molar-refractivity contribution in [2.75, 3.05) is 18.7 Å². The number of hydrogen-bond donors (Lipinski definition) is 1. The molecule has 2 aromatic rings. The summed E-state index contributed by atoms with van der Waals surface area (Å²) in [5.41, 5.74) is 0.0188. The summed E-state index contributed by atoms with van der Waals surface area (Å²) in [6.45, 7) is -0.691. The van der Waals surface area contributed by atoms with E-state index >= 15 is 0 Å². The molecule has 29 heavy (non-hydrogen) atoms. The number of benzene rings is 1. The molecule has 1 fully saturated rings. The van der Waals surface area contributed by atoms with Gasteiger partial charge in [-0.3, -0.25) is 19.3 Å². The molecule has 2 aliphatic heterocycles. The molecule has 2 aliphatic rings. The molecule has 3 atom stereocenters. The van der Waals surface area contributed by atoms with Crippen LogP contribution in [0.3, 0.4) is 0 Å². The molecular weight excluding hydrogens is 384 g/mol. The number of fused-ring (bicyclic) bond motifs is 3. The minimum Gasteiger partial charge on any atom is -0.502 e. The predicted octanol–water partition coefficient (Wildman–Crippen LogP) is 2.09. The van der Waals surface area contributed by atoms with E-state index < -0.39 is 42.3 Å². The molecule has 0 saturated carbocycles. The fourth-order valence-electron chi connectivity index (χ4n) is 4.21. The second-order valence-electron chi connectivity index (χ2n) is 7.19. The van der Waals surface area contributed by atoms with E-state index in [-0.39, 0.29) is 11.9 Å². The van der Waals surface area contributed by atoms with Gasteiger partial charge >= 0.3 is 0 Å². The Hall–Kier alpha value is -2.94. The number of nitrogens with zero attached hydrogens (tertiary/aromatic N) is 3. The molecular formula is C20H21F2N3O4. The number of amides is 1. The van der Waals surface area contributed by atoms with Gasteiger partial charge in [0.25, 0.3) is 12.3 Å². The minimum atomic E-state index is -2.60. The van der Waals surface area contributed by atoms with E-state index in [1.54, 1.807) is 7.05 Å². The third-order valence-corrected chi connectivity index (χ3v) is 5.50. The van der Waals surface area contributed by atoms with Crippen LogP contribution in [0, 0.1) is 0 Å². The second kappa shape index (κ2) is 7.47. The summed E-state index contributed by atoms with van der Waals surface area (Å²) in [6, 6.07) is 9.94. The highest BCUT2D eigenvalue weighted by molar-refractivity contribution is 5.96. The van der Waals surface area contributed by atoms with Crippen molar-refractivity contribution in [2.24, 2.45) is 0 Å². The molecule has 0 bridgehead atoms. The van der Waals surface area contributed by atoms with E-state index in [0.29, 0.717) is 12.8 Å². The molecule has 0 spiro atoms. The van der Waals surface area contributed by atoms with Crippen LogP contribution in [0.4, 0.5) is 8.78 Å². The van der Waals surface area contributed by atoms with Crippen molar-refractivity contribution in [1.29, 1.82) is 0 Å². The van der Waals surface area contributed by atoms with E-state index in [0.717, 1.165) is 5.56 Å². The molecule has 9 heteroatoms. The largest absolute Gasteiger partial charge is 0.502 e. The average Bonchev–Trinajstić information content (AvgIpc) is 2.72. The van der Waals surface area contributed by atoms with E-state index in [1.807, 2.05) is 35.3 Å². The van der Waals surface area contributed by atoms with Crippen LogP contribution < -0.4 is 10.4 Å². The van der Waals surface area contributed by atoms with Crippen LogP contribution in [0.15, 0.2) is 47.4 Å². The van der Waals surface area contributed by atoms with Gasteiger partial charge in [-0.25, -0.2) is 8.78 Å². The van der Waals surface area contributed by atoms with E-state index in [9.17, 15) is 23.5 Å². The van der Waals surface area contributed by atoms with Crippen LogP contribution in [-0.2, 0) is 4.74 Å². The summed E-state index contributed by atoms with van der Waals surface area (Å²) in [7, 11) is 1.60. The summed E-state index contributed by atoms with van der Waals surface area (Å²) in [5.74, 6) is -1.11. The Kier molecular flexibility index (Phi) is 4.99. The maximum atomic E-state index is 12.8. The number of carbonyl (C=O) groups excluding carboxylic acids is 1. The number of alkyl halides is 2. The van der Waals surface area contributed by atoms with Crippen LogP contribution >= 0.6 is 0 Å². The van der Waals surface area contributed by atoms with Gasteiger partial charge < -0.3 is 14.7 Å². The molecule has 0 aliphatic carbocycles. The lowest BCUT2D eigenvalue weighted by molar-refractivity contribution is -0.0599. The lowest BCUT2D eigenvalue weighted by Crippen LogP contribution is -2.65.